The van der Waals surface area contributed by atoms with Gasteiger partial charge in [-0.3, -0.25) is 0 Å². The SMILES string of the molecule is Cc1c(CCl)noc1-c1ccc(F)cn1. The fourth-order valence-electron chi connectivity index (χ4n) is 1.24. The molecule has 0 N–H and O–H groups in total. The van der Waals surface area contributed by atoms with Crippen LogP contribution >= 0.6 is 11.6 Å². The minimum atomic E-state index is -0.381. The Morgan fingerprint density at radius 1 is 1.47 bits per heavy atom. The van der Waals surface area contributed by atoms with Gasteiger partial charge in [0.05, 0.1) is 12.1 Å². The van der Waals surface area contributed by atoms with Crippen LogP contribution in [-0.2, 0) is 5.88 Å². The first-order valence-electron chi connectivity index (χ1n) is 4.35. The summed E-state index contributed by atoms with van der Waals surface area (Å²) in [6, 6.07) is 2.87. The van der Waals surface area contributed by atoms with Crippen LogP contribution < -0.4 is 0 Å². The van der Waals surface area contributed by atoms with Gasteiger partial charge >= 0.3 is 0 Å². The lowest BCUT2D eigenvalue weighted by Crippen LogP contribution is -1.86. The van der Waals surface area contributed by atoms with Crippen LogP contribution in [0.5, 0.6) is 0 Å². The van der Waals surface area contributed by atoms with Crippen molar-refractivity contribution in [2.75, 3.05) is 0 Å². The molecule has 2 rings (SSSR count). The summed E-state index contributed by atoms with van der Waals surface area (Å²) in [6.45, 7) is 1.84. The first-order valence-corrected chi connectivity index (χ1v) is 4.89. The van der Waals surface area contributed by atoms with Gasteiger partial charge in [0.2, 0.25) is 0 Å². The smallest absolute Gasteiger partial charge is 0.188 e. The zero-order valence-corrected chi connectivity index (χ0v) is 8.75. The molecule has 0 saturated heterocycles. The molecule has 0 aromatic carbocycles. The molecule has 0 unspecified atom stereocenters. The number of alkyl halides is 1. The van der Waals surface area contributed by atoms with Crippen LogP contribution in [0, 0.1) is 12.7 Å². The third kappa shape index (κ3) is 1.85. The second kappa shape index (κ2) is 3.98. The molecule has 2 aromatic rings. The molecule has 2 heterocycles. The molecule has 3 nitrogen and oxygen atoms in total. The highest BCUT2D eigenvalue weighted by atomic mass is 35.5. The average Bonchev–Trinajstić information content (AvgIpc) is 2.61. The number of hydrogen-bond acceptors (Lipinski definition) is 3. The molecule has 0 spiro atoms. The first kappa shape index (κ1) is 10.1. The molecular weight excluding hydrogens is 219 g/mol. The Labute approximate surface area is 90.9 Å². The van der Waals surface area contributed by atoms with Crippen LogP contribution in [0.25, 0.3) is 11.5 Å². The summed E-state index contributed by atoms with van der Waals surface area (Å²) in [5, 5.41) is 3.79. The van der Waals surface area contributed by atoms with Crippen molar-refractivity contribution < 1.29 is 8.91 Å². The van der Waals surface area contributed by atoms with E-state index in [1.807, 2.05) is 6.92 Å². The molecule has 0 saturated carbocycles. The Bertz CT molecular complexity index is 467. The average molecular weight is 227 g/mol. The van der Waals surface area contributed by atoms with Gasteiger partial charge in [-0.15, -0.1) is 11.6 Å². The number of nitrogens with zero attached hydrogens (tertiary/aromatic N) is 2. The molecule has 15 heavy (non-hydrogen) atoms. The maximum atomic E-state index is 12.6. The quantitative estimate of drug-likeness (QED) is 0.739. The summed E-state index contributed by atoms with van der Waals surface area (Å²) in [4.78, 5) is 3.91. The van der Waals surface area contributed by atoms with Crippen molar-refractivity contribution in [1.82, 2.24) is 10.1 Å². The van der Waals surface area contributed by atoms with E-state index in [2.05, 4.69) is 10.1 Å². The molecule has 5 heteroatoms. The number of rotatable bonds is 2. The predicted octanol–water partition coefficient (Wildman–Crippen LogP) is 2.92. The third-order valence-electron chi connectivity index (χ3n) is 2.11. The normalized spacial score (nSPS) is 10.6. The van der Waals surface area contributed by atoms with Crippen LogP contribution in [-0.4, -0.2) is 10.1 Å². The van der Waals surface area contributed by atoms with E-state index >= 15 is 0 Å². The largest absolute Gasteiger partial charge is 0.354 e. The number of aromatic nitrogens is 2. The number of halogens is 2. The van der Waals surface area contributed by atoms with Crippen LogP contribution in [0.15, 0.2) is 22.9 Å². The van der Waals surface area contributed by atoms with Crippen molar-refractivity contribution in [3.05, 3.63) is 35.4 Å². The summed E-state index contributed by atoms with van der Waals surface area (Å²) in [6.07, 6.45) is 1.14. The molecule has 78 valence electrons. The van der Waals surface area contributed by atoms with Crippen LogP contribution in [0.3, 0.4) is 0 Å². The van der Waals surface area contributed by atoms with E-state index in [0.717, 1.165) is 11.8 Å². The molecule has 0 bridgehead atoms. The molecule has 0 aliphatic rings. The minimum Gasteiger partial charge on any atom is -0.354 e. The van der Waals surface area contributed by atoms with Crippen LogP contribution in [0.1, 0.15) is 11.3 Å². The maximum Gasteiger partial charge on any atom is 0.188 e. The molecule has 0 amide bonds. The van der Waals surface area contributed by atoms with Gasteiger partial charge in [0.25, 0.3) is 0 Å². The zero-order chi connectivity index (χ0) is 10.8. The van der Waals surface area contributed by atoms with E-state index < -0.39 is 0 Å². The van der Waals surface area contributed by atoms with E-state index in [9.17, 15) is 4.39 Å². The molecular formula is C10H8ClFN2O. The number of hydrogen-bond donors (Lipinski definition) is 0. The van der Waals surface area contributed by atoms with Gasteiger partial charge < -0.3 is 4.52 Å². The van der Waals surface area contributed by atoms with Crippen LogP contribution in [0.4, 0.5) is 4.39 Å². The molecule has 0 radical (unpaired) electrons. The lowest BCUT2D eigenvalue weighted by Gasteiger charge is -1.95. The van der Waals surface area contributed by atoms with Gasteiger partial charge in [0.15, 0.2) is 5.76 Å². The van der Waals surface area contributed by atoms with Crippen molar-refractivity contribution >= 4 is 11.6 Å². The van der Waals surface area contributed by atoms with Crippen molar-refractivity contribution in [3.8, 4) is 11.5 Å². The monoisotopic (exact) mass is 226 g/mol. The second-order valence-electron chi connectivity index (χ2n) is 3.08. The van der Waals surface area contributed by atoms with E-state index in [4.69, 9.17) is 16.1 Å². The molecule has 0 aliphatic heterocycles. The standard InChI is InChI=1S/C10H8ClFN2O/c1-6-9(4-11)14-15-10(6)8-3-2-7(12)5-13-8/h2-3,5H,4H2,1H3. The maximum absolute atomic E-state index is 12.6. The highest BCUT2D eigenvalue weighted by molar-refractivity contribution is 6.17. The Balaban J connectivity index is 2.45. The van der Waals surface area contributed by atoms with Gasteiger partial charge in [-0.05, 0) is 19.1 Å². The Kier molecular flexibility index (Phi) is 2.68. The topological polar surface area (TPSA) is 38.9 Å². The fourth-order valence-corrected chi connectivity index (χ4v) is 1.49. The summed E-state index contributed by atoms with van der Waals surface area (Å²) in [7, 11) is 0. The van der Waals surface area contributed by atoms with Crippen molar-refractivity contribution in [2.45, 2.75) is 12.8 Å². The lowest BCUT2D eigenvalue weighted by atomic mass is 10.2. The lowest BCUT2D eigenvalue weighted by molar-refractivity contribution is 0.425. The van der Waals surface area contributed by atoms with Gasteiger partial charge in [-0.25, -0.2) is 9.37 Å². The van der Waals surface area contributed by atoms with E-state index in [-0.39, 0.29) is 11.7 Å². The molecule has 0 aliphatic carbocycles. The highest BCUT2D eigenvalue weighted by Crippen LogP contribution is 2.24. The van der Waals surface area contributed by atoms with Crippen LogP contribution in [0.2, 0.25) is 0 Å². The van der Waals surface area contributed by atoms with Crippen molar-refractivity contribution in [3.63, 3.8) is 0 Å². The number of pyridine rings is 1. The van der Waals surface area contributed by atoms with E-state index in [0.29, 0.717) is 17.1 Å². The van der Waals surface area contributed by atoms with Gasteiger partial charge in [0.1, 0.15) is 17.2 Å². The Hall–Kier alpha value is -1.42. The minimum absolute atomic E-state index is 0.288. The summed E-state index contributed by atoms with van der Waals surface area (Å²) in [5.74, 6) is 0.440. The van der Waals surface area contributed by atoms with Gasteiger partial charge in [-0.2, -0.15) is 0 Å². The third-order valence-corrected chi connectivity index (χ3v) is 2.36. The van der Waals surface area contributed by atoms with Gasteiger partial charge in [0, 0.05) is 5.56 Å². The Morgan fingerprint density at radius 3 is 2.80 bits per heavy atom. The highest BCUT2D eigenvalue weighted by Gasteiger charge is 2.13. The van der Waals surface area contributed by atoms with Crippen molar-refractivity contribution in [1.29, 1.82) is 0 Å². The van der Waals surface area contributed by atoms with E-state index in [1.165, 1.54) is 6.07 Å². The zero-order valence-electron chi connectivity index (χ0n) is 8.00. The molecule has 2 aromatic heterocycles. The Morgan fingerprint density at radius 2 is 2.27 bits per heavy atom. The van der Waals surface area contributed by atoms with E-state index in [1.54, 1.807) is 6.07 Å². The first-order chi connectivity index (χ1) is 7.22. The fraction of sp³-hybridized carbons (Fsp3) is 0.200. The summed E-state index contributed by atoms with van der Waals surface area (Å²) >= 11 is 5.66. The molecule has 0 fully saturated rings. The predicted molar refractivity (Wildman–Crippen MR) is 54.0 cm³/mol. The molecule has 0 atom stereocenters. The summed E-state index contributed by atoms with van der Waals surface area (Å²) in [5.41, 5.74) is 2.07. The van der Waals surface area contributed by atoms with Crippen molar-refractivity contribution in [2.24, 2.45) is 0 Å². The van der Waals surface area contributed by atoms with Gasteiger partial charge in [-0.1, -0.05) is 5.16 Å². The second-order valence-corrected chi connectivity index (χ2v) is 3.35. The summed E-state index contributed by atoms with van der Waals surface area (Å²) < 4.78 is 17.7.